The number of benzene rings is 1. The third kappa shape index (κ3) is 2.84. The number of nitrogens with zero attached hydrogens (tertiary/aromatic N) is 1. The third-order valence-corrected chi connectivity index (χ3v) is 4.42. The smallest absolute Gasteiger partial charge is 0.253 e. The van der Waals surface area contributed by atoms with Crippen molar-refractivity contribution in [3.8, 4) is 11.5 Å². The van der Waals surface area contributed by atoms with Gasteiger partial charge in [-0.1, -0.05) is 17.7 Å². The minimum atomic E-state index is -0.164. The molecule has 1 aliphatic heterocycles. The van der Waals surface area contributed by atoms with Crippen molar-refractivity contribution in [1.82, 2.24) is 10.3 Å². The number of nitrogens with one attached hydrogen (secondary N) is 1. The Kier molecular flexibility index (Phi) is 3.58. The summed E-state index contributed by atoms with van der Waals surface area (Å²) >= 11 is 6.00. The number of hydrogen-bond donors (Lipinski definition) is 1. The average molecular weight is 331 g/mol. The number of carbonyl (C=O) groups is 1. The van der Waals surface area contributed by atoms with Crippen LogP contribution < -0.4 is 14.8 Å². The fraction of sp³-hybridized carbons (Fsp3) is 0.294. The van der Waals surface area contributed by atoms with Gasteiger partial charge in [-0.2, -0.15) is 0 Å². The number of ether oxygens (including phenoxy) is 2. The number of halogens is 1. The van der Waals surface area contributed by atoms with Crippen molar-refractivity contribution in [2.75, 3.05) is 13.2 Å². The molecule has 1 amide bonds. The molecule has 1 fully saturated rings. The lowest BCUT2D eigenvalue weighted by Crippen LogP contribution is -2.26. The molecule has 0 unspecified atom stereocenters. The van der Waals surface area contributed by atoms with Gasteiger partial charge >= 0.3 is 0 Å². The van der Waals surface area contributed by atoms with E-state index in [4.69, 9.17) is 21.1 Å². The van der Waals surface area contributed by atoms with E-state index < -0.39 is 0 Å². The number of carbonyl (C=O) groups excluding carboxylic acids is 1. The molecule has 1 aromatic carbocycles. The van der Waals surface area contributed by atoms with Crippen molar-refractivity contribution in [3.63, 3.8) is 0 Å². The second kappa shape index (κ2) is 5.74. The fourth-order valence-electron chi connectivity index (χ4n) is 2.82. The highest BCUT2D eigenvalue weighted by Gasteiger charge is 2.40. The van der Waals surface area contributed by atoms with Gasteiger partial charge in [-0.25, -0.2) is 0 Å². The highest BCUT2D eigenvalue weighted by molar-refractivity contribution is 6.33. The minimum absolute atomic E-state index is 0.120. The molecular weight excluding hydrogens is 316 g/mol. The second-order valence-electron chi connectivity index (χ2n) is 5.68. The number of aromatic nitrogens is 1. The van der Waals surface area contributed by atoms with E-state index in [2.05, 4.69) is 10.3 Å². The number of rotatable bonds is 3. The van der Waals surface area contributed by atoms with Gasteiger partial charge in [0.2, 0.25) is 0 Å². The van der Waals surface area contributed by atoms with Crippen LogP contribution in [0.1, 0.15) is 28.3 Å². The first-order chi connectivity index (χ1) is 11.2. The van der Waals surface area contributed by atoms with E-state index in [-0.39, 0.29) is 11.9 Å². The van der Waals surface area contributed by atoms with Gasteiger partial charge in [0.25, 0.3) is 5.91 Å². The molecule has 5 nitrogen and oxygen atoms in total. The predicted molar refractivity (Wildman–Crippen MR) is 85.3 cm³/mol. The van der Waals surface area contributed by atoms with E-state index in [9.17, 15) is 4.79 Å². The number of fused-ring (bicyclic) bond motifs is 1. The Morgan fingerprint density at radius 2 is 2.04 bits per heavy atom. The Morgan fingerprint density at radius 1 is 1.22 bits per heavy atom. The quantitative estimate of drug-likeness (QED) is 0.940. The first-order valence-corrected chi connectivity index (χ1v) is 7.90. The Morgan fingerprint density at radius 3 is 2.87 bits per heavy atom. The largest absolute Gasteiger partial charge is 0.486 e. The molecule has 6 heteroatoms. The molecule has 2 heterocycles. The van der Waals surface area contributed by atoms with Crippen molar-refractivity contribution >= 4 is 17.5 Å². The molecule has 1 aliphatic carbocycles. The molecule has 1 saturated carbocycles. The van der Waals surface area contributed by atoms with Gasteiger partial charge in [0.1, 0.15) is 13.2 Å². The van der Waals surface area contributed by atoms with Gasteiger partial charge in [0.05, 0.1) is 10.6 Å². The van der Waals surface area contributed by atoms with Crippen LogP contribution in [0.2, 0.25) is 5.02 Å². The molecule has 4 rings (SSSR count). The van der Waals surface area contributed by atoms with Gasteiger partial charge in [0, 0.05) is 24.4 Å². The lowest BCUT2D eigenvalue weighted by molar-refractivity contribution is 0.0950. The molecule has 0 bridgehead atoms. The Labute approximate surface area is 138 Å². The van der Waals surface area contributed by atoms with E-state index in [0.29, 0.717) is 29.7 Å². The molecule has 0 saturated heterocycles. The highest BCUT2D eigenvalue weighted by Crippen LogP contribution is 2.44. The highest BCUT2D eigenvalue weighted by atomic mass is 35.5. The van der Waals surface area contributed by atoms with E-state index >= 15 is 0 Å². The van der Waals surface area contributed by atoms with E-state index in [1.54, 1.807) is 12.3 Å². The molecular formula is C17H15ClN2O3. The summed E-state index contributed by atoms with van der Waals surface area (Å²) in [5.74, 6) is 1.70. The predicted octanol–water partition coefficient (Wildman–Crippen LogP) is 2.79. The average Bonchev–Trinajstić information content (AvgIpc) is 3.34. The maximum Gasteiger partial charge on any atom is 0.253 e. The minimum Gasteiger partial charge on any atom is -0.486 e. The van der Waals surface area contributed by atoms with Crippen LogP contribution in [0.5, 0.6) is 11.5 Å². The molecule has 23 heavy (non-hydrogen) atoms. The first kappa shape index (κ1) is 14.3. The standard InChI is InChI=1S/C17H15ClN2O3/c18-13-9-19-4-3-11(13)17(21)20-14-8-12(14)10-1-2-15-16(7-10)23-6-5-22-15/h1-4,7,9,12,14H,5-6,8H2,(H,20,21)/t12-,14-/m0/s1. The van der Waals surface area contributed by atoms with Gasteiger partial charge in [-0.15, -0.1) is 0 Å². The summed E-state index contributed by atoms with van der Waals surface area (Å²) in [5.41, 5.74) is 1.61. The van der Waals surface area contributed by atoms with Gasteiger partial charge in [-0.05, 0) is 30.2 Å². The monoisotopic (exact) mass is 330 g/mol. The normalized spacial score (nSPS) is 21.6. The summed E-state index contributed by atoms with van der Waals surface area (Å²) < 4.78 is 11.1. The number of amides is 1. The zero-order valence-electron chi connectivity index (χ0n) is 12.3. The van der Waals surface area contributed by atoms with E-state index in [1.165, 1.54) is 6.20 Å². The summed E-state index contributed by atoms with van der Waals surface area (Å²) in [4.78, 5) is 16.1. The fourth-order valence-corrected chi connectivity index (χ4v) is 3.02. The van der Waals surface area contributed by atoms with Crippen molar-refractivity contribution in [1.29, 1.82) is 0 Å². The van der Waals surface area contributed by atoms with Crippen LogP contribution in [0.4, 0.5) is 0 Å². The van der Waals surface area contributed by atoms with Gasteiger partial charge < -0.3 is 14.8 Å². The molecule has 1 aromatic heterocycles. The summed E-state index contributed by atoms with van der Waals surface area (Å²) in [6.07, 6.45) is 3.95. The summed E-state index contributed by atoms with van der Waals surface area (Å²) in [7, 11) is 0. The summed E-state index contributed by atoms with van der Waals surface area (Å²) in [5, 5.41) is 3.38. The van der Waals surface area contributed by atoms with Crippen LogP contribution in [0.25, 0.3) is 0 Å². The van der Waals surface area contributed by atoms with Crippen LogP contribution in [0.3, 0.4) is 0 Å². The molecule has 2 atom stereocenters. The number of hydrogen-bond acceptors (Lipinski definition) is 4. The lowest BCUT2D eigenvalue weighted by atomic mass is 10.1. The molecule has 0 spiro atoms. The molecule has 118 valence electrons. The zero-order valence-corrected chi connectivity index (χ0v) is 13.0. The van der Waals surface area contributed by atoms with E-state index in [0.717, 1.165) is 23.5 Å². The SMILES string of the molecule is O=C(N[C@H]1C[C@H]1c1ccc2c(c1)OCCO2)c1ccncc1Cl. The number of pyridine rings is 1. The third-order valence-electron chi connectivity index (χ3n) is 4.12. The summed E-state index contributed by atoms with van der Waals surface area (Å²) in [6.45, 7) is 1.16. The van der Waals surface area contributed by atoms with Crippen LogP contribution in [0.15, 0.2) is 36.7 Å². The van der Waals surface area contributed by atoms with Crippen LogP contribution in [0, 0.1) is 0 Å². The van der Waals surface area contributed by atoms with Crippen molar-refractivity contribution in [3.05, 3.63) is 52.8 Å². The van der Waals surface area contributed by atoms with Crippen molar-refractivity contribution in [2.45, 2.75) is 18.4 Å². The Hall–Kier alpha value is -2.27. The van der Waals surface area contributed by atoms with Crippen molar-refractivity contribution < 1.29 is 14.3 Å². The van der Waals surface area contributed by atoms with Gasteiger partial charge in [0.15, 0.2) is 11.5 Å². The second-order valence-corrected chi connectivity index (χ2v) is 6.09. The Balaban J connectivity index is 1.44. The van der Waals surface area contributed by atoms with E-state index in [1.807, 2.05) is 18.2 Å². The van der Waals surface area contributed by atoms with Crippen LogP contribution in [-0.2, 0) is 0 Å². The molecule has 2 aromatic rings. The molecule has 2 aliphatic rings. The maximum atomic E-state index is 12.3. The topological polar surface area (TPSA) is 60.5 Å². The first-order valence-electron chi connectivity index (χ1n) is 7.52. The maximum absolute atomic E-state index is 12.3. The lowest BCUT2D eigenvalue weighted by Gasteiger charge is -2.18. The van der Waals surface area contributed by atoms with Gasteiger partial charge in [-0.3, -0.25) is 9.78 Å². The molecule has 0 radical (unpaired) electrons. The van der Waals surface area contributed by atoms with Crippen LogP contribution in [-0.4, -0.2) is 30.1 Å². The van der Waals surface area contributed by atoms with Crippen molar-refractivity contribution in [2.24, 2.45) is 0 Å². The molecule has 1 N–H and O–H groups in total. The Bertz CT molecular complexity index is 765. The zero-order chi connectivity index (χ0) is 15.8. The summed E-state index contributed by atoms with van der Waals surface area (Å²) in [6, 6.07) is 7.71. The van der Waals surface area contributed by atoms with Crippen LogP contribution >= 0.6 is 11.6 Å².